The summed E-state index contributed by atoms with van der Waals surface area (Å²) in [6, 6.07) is 3.66. The number of hydrogen-bond acceptors (Lipinski definition) is 2. The van der Waals surface area contributed by atoms with E-state index >= 15 is 0 Å². The van der Waals surface area contributed by atoms with Gasteiger partial charge in [-0.3, -0.25) is 0 Å². The van der Waals surface area contributed by atoms with Crippen molar-refractivity contribution < 1.29 is 8.42 Å². The summed E-state index contributed by atoms with van der Waals surface area (Å²) in [6.45, 7) is 7.63. The minimum atomic E-state index is -3.41. The van der Waals surface area contributed by atoms with E-state index in [1.54, 1.807) is 6.07 Å². The maximum Gasteiger partial charge on any atom is 0.241 e. The third-order valence-corrected chi connectivity index (χ3v) is 5.05. The van der Waals surface area contributed by atoms with Crippen LogP contribution in [0.2, 0.25) is 0 Å². The SMILES string of the molecule is Cc1ccc(S(=O)(=O)NC(C)(C)C)c2c1CCC2. The fraction of sp³-hybridized carbons (Fsp3) is 0.571. The average Bonchev–Trinajstić information content (AvgIpc) is 2.62. The molecule has 0 saturated heterocycles. The number of nitrogens with one attached hydrogen (secondary N) is 1. The zero-order chi connectivity index (χ0) is 13.6. The summed E-state index contributed by atoms with van der Waals surface area (Å²) in [6.07, 6.45) is 2.93. The van der Waals surface area contributed by atoms with E-state index < -0.39 is 15.6 Å². The molecule has 1 aliphatic carbocycles. The molecule has 4 heteroatoms. The molecule has 0 heterocycles. The number of aryl methyl sites for hydroxylation is 1. The van der Waals surface area contributed by atoms with Crippen molar-refractivity contribution in [1.29, 1.82) is 0 Å². The van der Waals surface area contributed by atoms with Gasteiger partial charge in [-0.25, -0.2) is 13.1 Å². The zero-order valence-electron chi connectivity index (χ0n) is 11.5. The Labute approximate surface area is 110 Å². The third kappa shape index (κ3) is 2.59. The lowest BCUT2D eigenvalue weighted by Crippen LogP contribution is -2.40. The van der Waals surface area contributed by atoms with Gasteiger partial charge in [0.25, 0.3) is 0 Å². The first-order chi connectivity index (χ1) is 8.21. The van der Waals surface area contributed by atoms with Crippen LogP contribution in [0, 0.1) is 6.92 Å². The highest BCUT2D eigenvalue weighted by molar-refractivity contribution is 7.89. The summed E-state index contributed by atoms with van der Waals surface area (Å²) in [5.41, 5.74) is 3.01. The Balaban J connectivity index is 2.50. The Bertz CT molecular complexity index is 568. The predicted octanol–water partition coefficient (Wildman–Crippen LogP) is 2.56. The minimum absolute atomic E-state index is 0.449. The molecular formula is C14H21NO2S. The quantitative estimate of drug-likeness (QED) is 0.895. The van der Waals surface area contributed by atoms with Gasteiger partial charge in [0.1, 0.15) is 0 Å². The number of benzene rings is 1. The van der Waals surface area contributed by atoms with Gasteiger partial charge in [0.05, 0.1) is 4.90 Å². The highest BCUT2D eigenvalue weighted by Gasteiger charge is 2.27. The molecule has 18 heavy (non-hydrogen) atoms. The van der Waals surface area contributed by atoms with Gasteiger partial charge in [0.2, 0.25) is 10.0 Å². The summed E-state index contributed by atoms with van der Waals surface area (Å²) in [5, 5.41) is 0. The van der Waals surface area contributed by atoms with Crippen LogP contribution in [0.1, 0.15) is 43.9 Å². The molecule has 100 valence electrons. The van der Waals surface area contributed by atoms with Crippen molar-refractivity contribution in [3.8, 4) is 0 Å². The summed E-state index contributed by atoms with van der Waals surface area (Å²) in [7, 11) is -3.41. The van der Waals surface area contributed by atoms with Gasteiger partial charge in [-0.15, -0.1) is 0 Å². The van der Waals surface area contributed by atoms with Gasteiger partial charge in [-0.2, -0.15) is 0 Å². The highest BCUT2D eigenvalue weighted by atomic mass is 32.2. The maximum absolute atomic E-state index is 12.4. The van der Waals surface area contributed by atoms with Crippen molar-refractivity contribution in [3.63, 3.8) is 0 Å². The second kappa shape index (κ2) is 4.35. The Kier molecular flexibility index (Phi) is 3.28. The van der Waals surface area contributed by atoms with Gasteiger partial charge in [0, 0.05) is 5.54 Å². The Hall–Kier alpha value is -0.870. The van der Waals surface area contributed by atoms with Crippen LogP contribution >= 0.6 is 0 Å². The highest BCUT2D eigenvalue weighted by Crippen LogP contribution is 2.31. The Morgan fingerprint density at radius 3 is 2.33 bits per heavy atom. The molecule has 0 atom stereocenters. The van der Waals surface area contributed by atoms with E-state index in [1.807, 2.05) is 26.8 Å². The first-order valence-corrected chi connectivity index (χ1v) is 7.84. The fourth-order valence-corrected chi connectivity index (χ4v) is 4.28. The van der Waals surface area contributed by atoms with Crippen LogP contribution in [-0.2, 0) is 22.9 Å². The van der Waals surface area contributed by atoms with Crippen molar-refractivity contribution in [1.82, 2.24) is 4.72 Å². The molecule has 0 bridgehead atoms. The second-order valence-corrected chi connectivity index (χ2v) is 7.70. The summed E-state index contributed by atoms with van der Waals surface area (Å²) < 4.78 is 27.5. The fourth-order valence-electron chi connectivity index (χ4n) is 2.56. The van der Waals surface area contributed by atoms with Gasteiger partial charge < -0.3 is 0 Å². The number of sulfonamides is 1. The van der Waals surface area contributed by atoms with Crippen LogP contribution in [0.15, 0.2) is 17.0 Å². The maximum atomic E-state index is 12.4. The summed E-state index contributed by atoms with van der Waals surface area (Å²) in [4.78, 5) is 0.468. The van der Waals surface area contributed by atoms with Crippen LogP contribution in [0.5, 0.6) is 0 Å². The summed E-state index contributed by atoms with van der Waals surface area (Å²) >= 11 is 0. The minimum Gasteiger partial charge on any atom is -0.207 e. The topological polar surface area (TPSA) is 46.2 Å². The van der Waals surface area contributed by atoms with Gasteiger partial charge in [0.15, 0.2) is 0 Å². The molecule has 2 rings (SSSR count). The van der Waals surface area contributed by atoms with E-state index in [0.29, 0.717) is 4.90 Å². The van der Waals surface area contributed by atoms with Crippen molar-refractivity contribution in [2.75, 3.05) is 0 Å². The van der Waals surface area contributed by atoms with E-state index in [9.17, 15) is 8.42 Å². The molecule has 0 unspecified atom stereocenters. The van der Waals surface area contributed by atoms with Crippen LogP contribution in [0.4, 0.5) is 0 Å². The average molecular weight is 267 g/mol. The molecule has 1 N–H and O–H groups in total. The van der Waals surface area contributed by atoms with Gasteiger partial charge >= 0.3 is 0 Å². The van der Waals surface area contributed by atoms with E-state index in [0.717, 1.165) is 24.8 Å². The smallest absolute Gasteiger partial charge is 0.207 e. The molecule has 1 aromatic carbocycles. The molecule has 1 aromatic rings. The third-order valence-electron chi connectivity index (χ3n) is 3.21. The Morgan fingerprint density at radius 2 is 1.72 bits per heavy atom. The van der Waals surface area contributed by atoms with Crippen molar-refractivity contribution >= 4 is 10.0 Å². The molecule has 0 spiro atoms. The molecule has 3 nitrogen and oxygen atoms in total. The largest absolute Gasteiger partial charge is 0.241 e. The first-order valence-electron chi connectivity index (χ1n) is 6.36. The Morgan fingerprint density at radius 1 is 1.11 bits per heavy atom. The van der Waals surface area contributed by atoms with Crippen LogP contribution in [0.3, 0.4) is 0 Å². The lowest BCUT2D eigenvalue weighted by atomic mass is 10.1. The zero-order valence-corrected chi connectivity index (χ0v) is 12.3. The number of fused-ring (bicyclic) bond motifs is 1. The second-order valence-electron chi connectivity index (χ2n) is 6.05. The molecule has 0 saturated carbocycles. The lowest BCUT2D eigenvalue weighted by molar-refractivity contribution is 0.491. The number of hydrogen-bond donors (Lipinski definition) is 1. The summed E-state index contributed by atoms with van der Waals surface area (Å²) in [5.74, 6) is 0. The van der Waals surface area contributed by atoms with Crippen LogP contribution in [-0.4, -0.2) is 14.0 Å². The molecule has 1 aliphatic rings. The molecule has 0 radical (unpaired) electrons. The van der Waals surface area contributed by atoms with Crippen LogP contribution in [0.25, 0.3) is 0 Å². The van der Waals surface area contributed by atoms with E-state index in [-0.39, 0.29) is 0 Å². The first kappa shape index (κ1) is 13.6. The number of rotatable bonds is 2. The van der Waals surface area contributed by atoms with Crippen molar-refractivity contribution in [2.45, 2.75) is 57.4 Å². The van der Waals surface area contributed by atoms with E-state index in [2.05, 4.69) is 11.6 Å². The molecule has 0 aliphatic heterocycles. The van der Waals surface area contributed by atoms with Crippen molar-refractivity contribution in [3.05, 3.63) is 28.8 Å². The van der Waals surface area contributed by atoms with Crippen LogP contribution < -0.4 is 4.72 Å². The standard InChI is InChI=1S/C14H21NO2S/c1-10-8-9-13(12-7-5-6-11(10)12)18(16,17)15-14(2,3)4/h8-9,15H,5-7H2,1-4H3. The van der Waals surface area contributed by atoms with Crippen molar-refractivity contribution in [2.24, 2.45) is 0 Å². The normalized spacial score (nSPS) is 15.8. The monoisotopic (exact) mass is 267 g/mol. The molecule has 0 amide bonds. The molecule has 0 fully saturated rings. The van der Waals surface area contributed by atoms with Gasteiger partial charge in [-0.05, 0) is 69.7 Å². The van der Waals surface area contributed by atoms with Gasteiger partial charge in [-0.1, -0.05) is 6.07 Å². The lowest BCUT2D eigenvalue weighted by Gasteiger charge is -2.21. The van der Waals surface area contributed by atoms with E-state index in [1.165, 1.54) is 11.1 Å². The molecule has 0 aromatic heterocycles. The molecular weight excluding hydrogens is 246 g/mol. The predicted molar refractivity (Wildman–Crippen MR) is 73.3 cm³/mol. The van der Waals surface area contributed by atoms with E-state index in [4.69, 9.17) is 0 Å².